The van der Waals surface area contributed by atoms with Crippen molar-refractivity contribution in [1.82, 2.24) is 10.2 Å². The van der Waals surface area contributed by atoms with Gasteiger partial charge in [0, 0.05) is 32.1 Å². The second-order valence-electron chi connectivity index (χ2n) is 7.30. The van der Waals surface area contributed by atoms with E-state index in [0.29, 0.717) is 18.9 Å². The van der Waals surface area contributed by atoms with Gasteiger partial charge in [-0.2, -0.15) is 0 Å². The summed E-state index contributed by atoms with van der Waals surface area (Å²) in [4.78, 5) is 14.8. The summed E-state index contributed by atoms with van der Waals surface area (Å²) in [6.07, 6.45) is 3.79. The van der Waals surface area contributed by atoms with Crippen LogP contribution in [0.15, 0.2) is 24.3 Å². The number of nitrogens with one attached hydrogen (secondary N) is 1. The molecule has 0 aromatic heterocycles. The average molecular weight is 361 g/mol. The summed E-state index contributed by atoms with van der Waals surface area (Å²) in [5.74, 6) is 1.28. The molecule has 2 aliphatic rings. The molecular formula is C20H31N3O3. The summed E-state index contributed by atoms with van der Waals surface area (Å²) >= 11 is 0. The Labute approximate surface area is 156 Å². The molecule has 144 valence electrons. The van der Waals surface area contributed by atoms with Crippen molar-refractivity contribution in [3.8, 4) is 5.75 Å². The van der Waals surface area contributed by atoms with Gasteiger partial charge in [0.15, 0.2) is 0 Å². The lowest BCUT2D eigenvalue weighted by Crippen LogP contribution is -2.44. The molecule has 1 unspecified atom stereocenters. The molecule has 1 saturated heterocycles. The van der Waals surface area contributed by atoms with Gasteiger partial charge in [-0.25, -0.2) is 0 Å². The van der Waals surface area contributed by atoms with Crippen molar-refractivity contribution in [3.05, 3.63) is 29.8 Å². The first-order valence-electron chi connectivity index (χ1n) is 9.65. The summed E-state index contributed by atoms with van der Waals surface area (Å²) in [5, 5.41) is 3.15. The number of carbonyl (C=O) groups excluding carboxylic acids is 1. The highest BCUT2D eigenvalue weighted by Crippen LogP contribution is 2.27. The summed E-state index contributed by atoms with van der Waals surface area (Å²) in [7, 11) is 1.67. The molecular weight excluding hydrogens is 330 g/mol. The quantitative estimate of drug-likeness (QED) is 0.773. The van der Waals surface area contributed by atoms with Crippen LogP contribution in [-0.2, 0) is 9.53 Å². The maximum Gasteiger partial charge on any atom is 0.220 e. The molecule has 1 aromatic rings. The highest BCUT2D eigenvalue weighted by atomic mass is 16.5. The average Bonchev–Trinajstić information content (AvgIpc) is 3.08. The number of hydrogen-bond donors (Lipinski definition) is 2. The van der Waals surface area contributed by atoms with Gasteiger partial charge < -0.3 is 20.5 Å². The van der Waals surface area contributed by atoms with E-state index in [2.05, 4.69) is 22.3 Å². The van der Waals surface area contributed by atoms with Crippen molar-refractivity contribution in [1.29, 1.82) is 0 Å². The van der Waals surface area contributed by atoms with E-state index < -0.39 is 0 Å². The Morgan fingerprint density at radius 1 is 1.31 bits per heavy atom. The minimum Gasteiger partial charge on any atom is -0.497 e. The van der Waals surface area contributed by atoms with Crippen LogP contribution in [0.4, 0.5) is 0 Å². The zero-order chi connectivity index (χ0) is 18.4. The molecule has 1 aliphatic heterocycles. The molecule has 1 aromatic carbocycles. The van der Waals surface area contributed by atoms with E-state index in [4.69, 9.17) is 15.2 Å². The highest BCUT2D eigenvalue weighted by Gasteiger charge is 2.27. The maximum absolute atomic E-state index is 12.4. The van der Waals surface area contributed by atoms with Crippen molar-refractivity contribution < 1.29 is 14.3 Å². The Hall–Kier alpha value is -1.63. The Morgan fingerprint density at radius 3 is 2.65 bits per heavy atom. The molecule has 3 N–H and O–H groups in total. The van der Waals surface area contributed by atoms with Gasteiger partial charge in [0.1, 0.15) is 5.75 Å². The van der Waals surface area contributed by atoms with Crippen molar-refractivity contribution in [2.24, 2.45) is 11.7 Å². The van der Waals surface area contributed by atoms with Crippen LogP contribution in [0.5, 0.6) is 5.75 Å². The van der Waals surface area contributed by atoms with E-state index >= 15 is 0 Å². The third kappa shape index (κ3) is 4.96. The molecule has 26 heavy (non-hydrogen) atoms. The van der Waals surface area contributed by atoms with E-state index in [1.54, 1.807) is 7.11 Å². The molecule has 2 fully saturated rings. The van der Waals surface area contributed by atoms with Gasteiger partial charge in [0.05, 0.1) is 26.4 Å². The molecule has 3 rings (SSSR count). The Balaban J connectivity index is 1.61. The molecule has 1 aliphatic carbocycles. The first kappa shape index (κ1) is 19.1. The molecule has 6 nitrogen and oxygen atoms in total. The first-order valence-corrected chi connectivity index (χ1v) is 9.65. The second kappa shape index (κ2) is 9.35. The fourth-order valence-corrected chi connectivity index (χ4v) is 4.01. The number of morpholine rings is 1. The van der Waals surface area contributed by atoms with Gasteiger partial charge >= 0.3 is 0 Å². The van der Waals surface area contributed by atoms with Gasteiger partial charge in [-0.3, -0.25) is 9.69 Å². The summed E-state index contributed by atoms with van der Waals surface area (Å²) < 4.78 is 10.7. The van der Waals surface area contributed by atoms with Crippen molar-refractivity contribution in [2.75, 3.05) is 40.0 Å². The van der Waals surface area contributed by atoms with Crippen molar-refractivity contribution in [2.45, 2.75) is 37.8 Å². The number of ether oxygens (including phenoxy) is 2. The number of benzene rings is 1. The lowest BCUT2D eigenvalue weighted by atomic mass is 9.99. The number of carbonyl (C=O) groups is 1. The van der Waals surface area contributed by atoms with Gasteiger partial charge in [0.25, 0.3) is 0 Å². The number of rotatable bonds is 7. The molecule has 0 bridgehead atoms. The van der Waals surface area contributed by atoms with Crippen LogP contribution in [-0.4, -0.2) is 56.8 Å². The predicted octanol–water partition coefficient (Wildman–Crippen LogP) is 1.70. The number of hydrogen-bond acceptors (Lipinski definition) is 5. The maximum atomic E-state index is 12.4. The number of methoxy groups -OCH3 is 1. The van der Waals surface area contributed by atoms with Crippen LogP contribution in [0.1, 0.15) is 37.3 Å². The Morgan fingerprint density at radius 2 is 2.04 bits per heavy atom. The minimum atomic E-state index is 0.110. The third-order valence-corrected chi connectivity index (χ3v) is 5.65. The molecule has 1 saturated carbocycles. The standard InChI is InChI=1S/C20H31N3O3/c1-25-17-7-5-15(6-8-17)19(23-9-11-26-12-10-23)14-22-20(24)13-16-3-2-4-18(16)21/h5-8,16,18-19H,2-4,9-14,21H2,1H3,(H,22,24)/t16-,18+,19?/m0/s1. The van der Waals surface area contributed by atoms with Gasteiger partial charge in [-0.1, -0.05) is 18.6 Å². The number of amides is 1. The van der Waals surface area contributed by atoms with E-state index in [9.17, 15) is 4.79 Å². The molecule has 1 heterocycles. The van der Waals surface area contributed by atoms with Gasteiger partial charge in [-0.05, 0) is 36.5 Å². The molecule has 6 heteroatoms. The second-order valence-corrected chi connectivity index (χ2v) is 7.30. The summed E-state index contributed by atoms with van der Waals surface area (Å²) in [5.41, 5.74) is 7.29. The monoisotopic (exact) mass is 361 g/mol. The van der Waals surface area contributed by atoms with Crippen molar-refractivity contribution >= 4 is 5.91 Å². The highest BCUT2D eigenvalue weighted by molar-refractivity contribution is 5.76. The van der Waals surface area contributed by atoms with E-state index in [0.717, 1.165) is 51.3 Å². The van der Waals surface area contributed by atoms with Crippen LogP contribution in [0, 0.1) is 5.92 Å². The summed E-state index contributed by atoms with van der Waals surface area (Å²) in [6, 6.07) is 8.43. The third-order valence-electron chi connectivity index (χ3n) is 5.65. The lowest BCUT2D eigenvalue weighted by Gasteiger charge is -2.35. The van der Waals surface area contributed by atoms with Crippen molar-refractivity contribution in [3.63, 3.8) is 0 Å². The first-order chi connectivity index (χ1) is 12.7. The van der Waals surface area contributed by atoms with E-state index in [1.165, 1.54) is 5.56 Å². The zero-order valence-corrected chi connectivity index (χ0v) is 15.7. The van der Waals surface area contributed by atoms with E-state index in [-0.39, 0.29) is 18.0 Å². The fraction of sp³-hybridized carbons (Fsp3) is 0.650. The Kier molecular flexibility index (Phi) is 6.88. The number of nitrogens with zero attached hydrogens (tertiary/aromatic N) is 1. The molecule has 0 radical (unpaired) electrons. The SMILES string of the molecule is COc1ccc(C(CNC(=O)C[C@@H]2CCC[C@H]2N)N2CCOCC2)cc1. The van der Waals surface area contributed by atoms with Crippen LogP contribution in [0.3, 0.4) is 0 Å². The lowest BCUT2D eigenvalue weighted by molar-refractivity contribution is -0.122. The van der Waals surface area contributed by atoms with Crippen LogP contribution in [0.25, 0.3) is 0 Å². The zero-order valence-electron chi connectivity index (χ0n) is 15.7. The predicted molar refractivity (Wildman–Crippen MR) is 101 cm³/mol. The van der Waals surface area contributed by atoms with Gasteiger partial charge in [-0.15, -0.1) is 0 Å². The van der Waals surface area contributed by atoms with E-state index in [1.807, 2.05) is 12.1 Å². The fourth-order valence-electron chi connectivity index (χ4n) is 4.01. The minimum absolute atomic E-state index is 0.110. The Bertz CT molecular complexity index is 572. The molecule has 0 spiro atoms. The van der Waals surface area contributed by atoms with Crippen LogP contribution >= 0.6 is 0 Å². The molecule has 3 atom stereocenters. The topological polar surface area (TPSA) is 76.8 Å². The van der Waals surface area contributed by atoms with Crippen LogP contribution in [0.2, 0.25) is 0 Å². The molecule has 1 amide bonds. The van der Waals surface area contributed by atoms with Crippen LogP contribution < -0.4 is 15.8 Å². The summed E-state index contributed by atoms with van der Waals surface area (Å²) in [6.45, 7) is 3.82. The smallest absolute Gasteiger partial charge is 0.220 e. The largest absolute Gasteiger partial charge is 0.497 e. The number of nitrogens with two attached hydrogens (primary N) is 1. The van der Waals surface area contributed by atoms with Gasteiger partial charge in [0.2, 0.25) is 5.91 Å². The normalized spacial score (nSPS) is 25.0.